The molecule has 0 aromatic heterocycles. The van der Waals surface area contributed by atoms with E-state index < -0.39 is 14.8 Å². The Kier molecular flexibility index (Phi) is 3.77. The van der Waals surface area contributed by atoms with E-state index in [-0.39, 0.29) is 10.6 Å². The van der Waals surface area contributed by atoms with Crippen molar-refractivity contribution in [1.29, 1.82) is 0 Å². The molecule has 0 unspecified atom stereocenters. The highest BCUT2D eigenvalue weighted by Gasteiger charge is 2.27. The molecular weight excluding hydrogens is 340 g/mol. The van der Waals surface area contributed by atoms with Crippen LogP contribution < -0.4 is 4.90 Å². The molecule has 0 N–H and O–H groups in total. The number of non-ortho nitro benzene ring substituents is 1. The lowest BCUT2D eigenvalue weighted by atomic mass is 10.2. The monoisotopic (exact) mass is 352 g/mol. The molecule has 0 bridgehead atoms. The lowest BCUT2D eigenvalue weighted by Crippen LogP contribution is -2.17. The molecule has 0 saturated carbocycles. The fourth-order valence-corrected chi connectivity index (χ4v) is 3.80. The summed E-state index contributed by atoms with van der Waals surface area (Å²) < 4.78 is 24.2. The Hall–Kier alpha value is -2.12. The molecule has 0 amide bonds. The van der Waals surface area contributed by atoms with Gasteiger partial charge in [0, 0.05) is 35.6 Å². The Labute approximate surface area is 138 Å². The van der Waals surface area contributed by atoms with Gasteiger partial charge in [-0.3, -0.25) is 10.1 Å². The Morgan fingerprint density at radius 2 is 1.91 bits per heavy atom. The number of sulfone groups is 1. The summed E-state index contributed by atoms with van der Waals surface area (Å²) in [4.78, 5) is 12.1. The smallest absolute Gasteiger partial charge is 0.270 e. The summed E-state index contributed by atoms with van der Waals surface area (Å²) in [6.45, 7) is 0.593. The first-order valence-corrected chi connectivity index (χ1v) is 9.09. The van der Waals surface area contributed by atoms with Crippen molar-refractivity contribution in [3.63, 3.8) is 0 Å². The van der Waals surface area contributed by atoms with Gasteiger partial charge >= 0.3 is 0 Å². The number of hydrogen-bond donors (Lipinski definition) is 0. The van der Waals surface area contributed by atoms with Crippen molar-refractivity contribution < 1.29 is 13.3 Å². The van der Waals surface area contributed by atoms with E-state index in [2.05, 4.69) is 0 Å². The molecule has 6 nitrogen and oxygen atoms in total. The second-order valence-electron chi connectivity index (χ2n) is 5.36. The quantitative estimate of drug-likeness (QED) is 0.625. The molecule has 2 aromatic carbocycles. The van der Waals surface area contributed by atoms with Gasteiger partial charge in [-0.2, -0.15) is 0 Å². The Bertz CT molecular complexity index is 912. The predicted octanol–water partition coefficient (Wildman–Crippen LogP) is 3.35. The van der Waals surface area contributed by atoms with Crippen LogP contribution in [0.5, 0.6) is 0 Å². The van der Waals surface area contributed by atoms with Crippen molar-refractivity contribution in [2.45, 2.75) is 11.3 Å². The molecule has 120 valence electrons. The van der Waals surface area contributed by atoms with E-state index in [1.54, 1.807) is 12.1 Å². The van der Waals surface area contributed by atoms with Crippen LogP contribution in [-0.2, 0) is 16.3 Å². The summed E-state index contributed by atoms with van der Waals surface area (Å²) in [6, 6.07) is 9.36. The van der Waals surface area contributed by atoms with Gasteiger partial charge in [0.15, 0.2) is 9.84 Å². The maximum absolute atomic E-state index is 12.1. The second kappa shape index (κ2) is 5.50. The predicted molar refractivity (Wildman–Crippen MR) is 88.4 cm³/mol. The summed E-state index contributed by atoms with van der Waals surface area (Å²) in [7, 11) is -3.62. The highest BCUT2D eigenvalue weighted by molar-refractivity contribution is 7.90. The molecular formula is C15H13ClN2O4S. The number of nitro groups is 1. The zero-order valence-electron chi connectivity index (χ0n) is 12.2. The van der Waals surface area contributed by atoms with Crippen molar-refractivity contribution in [3.05, 3.63) is 57.1 Å². The SMILES string of the molecule is CS(=O)(=O)c1cc([N+](=O)[O-])ccc1N1CCc2ccc(Cl)cc21. The number of halogens is 1. The van der Waals surface area contributed by atoms with Crippen LogP contribution in [0.25, 0.3) is 0 Å². The number of nitro benzene ring substituents is 1. The maximum atomic E-state index is 12.1. The van der Waals surface area contributed by atoms with Crippen molar-refractivity contribution in [1.82, 2.24) is 0 Å². The molecule has 0 spiro atoms. The Balaban J connectivity index is 2.19. The first-order chi connectivity index (χ1) is 10.8. The van der Waals surface area contributed by atoms with Crippen LogP contribution in [0, 0.1) is 10.1 Å². The van der Waals surface area contributed by atoms with E-state index in [1.165, 1.54) is 12.1 Å². The van der Waals surface area contributed by atoms with Crippen LogP contribution in [0.4, 0.5) is 17.1 Å². The standard InChI is InChI=1S/C15H13ClN2O4S/c1-23(21,22)15-9-12(18(19)20)4-5-13(15)17-7-6-10-2-3-11(16)8-14(10)17/h2-5,8-9H,6-7H2,1H3. The topological polar surface area (TPSA) is 80.5 Å². The molecule has 0 saturated heterocycles. The van der Waals surface area contributed by atoms with Gasteiger partial charge < -0.3 is 4.90 Å². The van der Waals surface area contributed by atoms with Crippen LogP contribution in [0.2, 0.25) is 5.02 Å². The minimum absolute atomic E-state index is 0.0560. The highest BCUT2D eigenvalue weighted by Crippen LogP contribution is 2.40. The average Bonchev–Trinajstić information content (AvgIpc) is 2.88. The second-order valence-corrected chi connectivity index (χ2v) is 7.78. The third kappa shape index (κ3) is 2.89. The Morgan fingerprint density at radius 1 is 1.17 bits per heavy atom. The van der Waals surface area contributed by atoms with Crippen LogP contribution >= 0.6 is 11.6 Å². The third-order valence-electron chi connectivity index (χ3n) is 3.79. The Morgan fingerprint density at radius 3 is 2.57 bits per heavy atom. The van der Waals surface area contributed by atoms with E-state index in [1.807, 2.05) is 11.0 Å². The van der Waals surface area contributed by atoms with Gasteiger partial charge in [0.2, 0.25) is 0 Å². The molecule has 1 aliphatic rings. The van der Waals surface area contributed by atoms with Gasteiger partial charge in [-0.15, -0.1) is 0 Å². The molecule has 1 heterocycles. The van der Waals surface area contributed by atoms with E-state index in [0.717, 1.165) is 30.0 Å². The summed E-state index contributed by atoms with van der Waals surface area (Å²) >= 11 is 6.04. The minimum atomic E-state index is -3.62. The summed E-state index contributed by atoms with van der Waals surface area (Å²) in [5.41, 5.74) is 2.07. The van der Waals surface area contributed by atoms with Gasteiger partial charge in [0.1, 0.15) is 0 Å². The van der Waals surface area contributed by atoms with Crippen molar-refractivity contribution in [3.8, 4) is 0 Å². The van der Waals surface area contributed by atoms with E-state index >= 15 is 0 Å². The summed E-state index contributed by atoms with van der Waals surface area (Å²) in [6.07, 6.45) is 1.80. The van der Waals surface area contributed by atoms with Crippen LogP contribution in [0.15, 0.2) is 41.3 Å². The third-order valence-corrected chi connectivity index (χ3v) is 5.15. The fraction of sp³-hybridized carbons (Fsp3) is 0.200. The zero-order valence-corrected chi connectivity index (χ0v) is 13.8. The number of anilines is 2. The normalized spacial score (nSPS) is 13.9. The largest absolute Gasteiger partial charge is 0.340 e. The van der Waals surface area contributed by atoms with Crippen molar-refractivity contribution in [2.75, 3.05) is 17.7 Å². The van der Waals surface area contributed by atoms with Gasteiger partial charge in [-0.1, -0.05) is 17.7 Å². The summed E-state index contributed by atoms with van der Waals surface area (Å²) in [5, 5.41) is 11.5. The number of hydrogen-bond acceptors (Lipinski definition) is 5. The minimum Gasteiger partial charge on any atom is -0.340 e. The number of nitrogens with zero attached hydrogens (tertiary/aromatic N) is 2. The van der Waals surface area contributed by atoms with Crippen LogP contribution in [0.3, 0.4) is 0 Å². The molecule has 8 heteroatoms. The van der Waals surface area contributed by atoms with Gasteiger partial charge in [0.25, 0.3) is 5.69 Å². The van der Waals surface area contributed by atoms with Gasteiger partial charge in [-0.05, 0) is 30.2 Å². The highest BCUT2D eigenvalue weighted by atomic mass is 35.5. The van der Waals surface area contributed by atoms with Crippen LogP contribution in [0.1, 0.15) is 5.56 Å². The van der Waals surface area contributed by atoms with E-state index in [9.17, 15) is 18.5 Å². The molecule has 2 aromatic rings. The average molecular weight is 353 g/mol. The van der Waals surface area contributed by atoms with E-state index in [0.29, 0.717) is 17.3 Å². The van der Waals surface area contributed by atoms with Crippen molar-refractivity contribution >= 4 is 38.5 Å². The van der Waals surface area contributed by atoms with Gasteiger partial charge in [0.05, 0.1) is 15.5 Å². The number of fused-ring (bicyclic) bond motifs is 1. The summed E-state index contributed by atoms with van der Waals surface area (Å²) in [5.74, 6) is 0. The molecule has 0 fully saturated rings. The zero-order chi connectivity index (χ0) is 16.8. The molecule has 3 rings (SSSR count). The maximum Gasteiger partial charge on any atom is 0.270 e. The lowest BCUT2D eigenvalue weighted by molar-refractivity contribution is -0.385. The molecule has 0 atom stereocenters. The first kappa shape index (κ1) is 15.8. The van der Waals surface area contributed by atoms with Crippen molar-refractivity contribution in [2.24, 2.45) is 0 Å². The fourth-order valence-electron chi connectivity index (χ4n) is 2.74. The molecule has 0 aliphatic carbocycles. The number of benzene rings is 2. The molecule has 0 radical (unpaired) electrons. The number of rotatable bonds is 3. The molecule has 1 aliphatic heterocycles. The van der Waals surface area contributed by atoms with Crippen LogP contribution in [-0.4, -0.2) is 26.1 Å². The van der Waals surface area contributed by atoms with Gasteiger partial charge in [-0.25, -0.2) is 8.42 Å². The van der Waals surface area contributed by atoms with E-state index in [4.69, 9.17) is 11.6 Å². The lowest BCUT2D eigenvalue weighted by Gasteiger charge is -2.22. The molecule has 23 heavy (non-hydrogen) atoms. The first-order valence-electron chi connectivity index (χ1n) is 6.82.